The molecule has 2 rings (SSSR count). The van der Waals surface area contributed by atoms with Crippen molar-refractivity contribution in [2.75, 3.05) is 0 Å². The van der Waals surface area contributed by atoms with E-state index in [1.807, 2.05) is 24.5 Å². The minimum absolute atomic E-state index is 1.19. The quantitative estimate of drug-likeness (QED) is 0.358. The minimum atomic E-state index is -2.16. The Bertz CT molecular complexity index is 518. The summed E-state index contributed by atoms with van der Waals surface area (Å²) in [5.74, 6) is 0. The van der Waals surface area contributed by atoms with Crippen molar-refractivity contribution in [3.05, 3.63) is 60.2 Å². The number of hydrogen-bond acceptors (Lipinski definition) is 2. The molecule has 0 aliphatic carbocycles. The predicted octanol–water partition coefficient (Wildman–Crippen LogP) is 6.31. The maximum absolute atomic E-state index is 4.58. The molecule has 0 fully saturated rings. The number of aryl methyl sites for hydroxylation is 2. The second kappa shape index (κ2) is 11.7. The van der Waals surface area contributed by atoms with Crippen molar-refractivity contribution in [3.63, 3.8) is 0 Å². The van der Waals surface area contributed by atoms with Crippen LogP contribution in [0.1, 0.15) is 50.9 Å². The van der Waals surface area contributed by atoms with Crippen molar-refractivity contribution in [1.29, 1.82) is 0 Å². The Morgan fingerprint density at radius 2 is 1.16 bits per heavy atom. The van der Waals surface area contributed by atoms with Gasteiger partial charge in [-0.15, -0.1) is 0 Å². The summed E-state index contributed by atoms with van der Waals surface area (Å²) < 4.78 is 6.01. The van der Waals surface area contributed by atoms with Crippen LogP contribution in [0.3, 0.4) is 0 Å². The van der Waals surface area contributed by atoms with Crippen LogP contribution in [-0.4, -0.2) is 28.3 Å². The molecule has 2 heterocycles. The zero-order chi connectivity index (χ0) is 17.8. The Labute approximate surface area is 158 Å². The van der Waals surface area contributed by atoms with Gasteiger partial charge in [-0.2, -0.15) is 0 Å². The summed E-state index contributed by atoms with van der Waals surface area (Å²) in [6.07, 6.45) is 11.8. The van der Waals surface area contributed by atoms with E-state index in [4.69, 9.17) is 0 Å². The molecule has 2 aromatic rings. The second-order valence-corrected chi connectivity index (χ2v) is 21.6. The zero-order valence-corrected chi connectivity index (χ0v) is 18.9. The Morgan fingerprint density at radius 1 is 0.680 bits per heavy atom. The second-order valence-electron chi connectivity index (χ2n) is 7.35. The van der Waals surface area contributed by atoms with Crippen molar-refractivity contribution in [2.45, 2.75) is 70.1 Å². The van der Waals surface area contributed by atoms with E-state index in [1.54, 1.807) is 8.87 Å². The molecule has 136 valence electrons. The van der Waals surface area contributed by atoms with Crippen LogP contribution < -0.4 is 0 Å². The summed E-state index contributed by atoms with van der Waals surface area (Å²) in [4.78, 5) is 9.16. The molecule has 0 unspecified atom stereocenters. The topological polar surface area (TPSA) is 25.8 Å². The molecule has 2 nitrogen and oxygen atoms in total. The van der Waals surface area contributed by atoms with Crippen LogP contribution in [0, 0.1) is 0 Å². The van der Waals surface area contributed by atoms with Gasteiger partial charge >= 0.3 is 159 Å². The van der Waals surface area contributed by atoms with E-state index in [0.29, 0.717) is 0 Å². The number of hydrogen-bond donors (Lipinski definition) is 0. The van der Waals surface area contributed by atoms with E-state index in [1.165, 1.54) is 58.8 Å². The monoisotopic (exact) mass is 446 g/mol. The molecule has 3 heteroatoms. The number of nitrogens with zero attached hydrogens (tertiary/aromatic N) is 2. The SMILES string of the molecule is CCC[CH2][Sn]([CH2]CCC)([CH2]Cc1ccccn1)[CH2]Cc1ccccn1. The first-order valence-electron chi connectivity index (χ1n) is 10.1. The van der Waals surface area contributed by atoms with Crippen molar-refractivity contribution in [3.8, 4) is 0 Å². The number of pyridine rings is 2. The Kier molecular flexibility index (Phi) is 9.52. The average Bonchev–Trinajstić information content (AvgIpc) is 2.68. The van der Waals surface area contributed by atoms with Gasteiger partial charge in [-0.1, -0.05) is 0 Å². The van der Waals surface area contributed by atoms with E-state index in [2.05, 4.69) is 48.1 Å². The van der Waals surface area contributed by atoms with Gasteiger partial charge < -0.3 is 0 Å². The molecular formula is C22H34N2Sn. The zero-order valence-electron chi connectivity index (χ0n) is 16.1. The Morgan fingerprint density at radius 3 is 1.52 bits per heavy atom. The van der Waals surface area contributed by atoms with Crippen molar-refractivity contribution in [2.24, 2.45) is 0 Å². The van der Waals surface area contributed by atoms with Gasteiger partial charge in [0, 0.05) is 0 Å². The predicted molar refractivity (Wildman–Crippen MR) is 111 cm³/mol. The van der Waals surface area contributed by atoms with E-state index in [0.717, 1.165) is 0 Å². The van der Waals surface area contributed by atoms with Gasteiger partial charge in [0.1, 0.15) is 0 Å². The van der Waals surface area contributed by atoms with Crippen LogP contribution in [0.2, 0.25) is 17.7 Å². The molecule has 2 aromatic heterocycles. The third-order valence-corrected chi connectivity index (χ3v) is 21.0. The van der Waals surface area contributed by atoms with Crippen molar-refractivity contribution >= 4 is 18.4 Å². The molecule has 0 saturated carbocycles. The van der Waals surface area contributed by atoms with Crippen molar-refractivity contribution < 1.29 is 0 Å². The molecule has 0 aromatic carbocycles. The van der Waals surface area contributed by atoms with Gasteiger partial charge in [0.25, 0.3) is 0 Å². The van der Waals surface area contributed by atoms with Crippen LogP contribution in [0.4, 0.5) is 0 Å². The average molecular weight is 445 g/mol. The first-order chi connectivity index (χ1) is 12.3. The van der Waals surface area contributed by atoms with Gasteiger partial charge in [-0.3, -0.25) is 0 Å². The molecule has 0 aliphatic rings. The van der Waals surface area contributed by atoms with E-state index in [-0.39, 0.29) is 0 Å². The fourth-order valence-corrected chi connectivity index (χ4v) is 18.8. The maximum atomic E-state index is 4.58. The summed E-state index contributed by atoms with van der Waals surface area (Å²) in [6, 6.07) is 12.7. The summed E-state index contributed by atoms with van der Waals surface area (Å²) >= 11 is -2.16. The van der Waals surface area contributed by atoms with Gasteiger partial charge in [0.2, 0.25) is 0 Å². The molecule has 0 amide bonds. The fourth-order valence-electron chi connectivity index (χ4n) is 3.73. The third-order valence-electron chi connectivity index (χ3n) is 5.40. The molecular weight excluding hydrogens is 411 g/mol. The molecule has 0 N–H and O–H groups in total. The number of unbranched alkanes of at least 4 members (excludes halogenated alkanes) is 2. The van der Waals surface area contributed by atoms with Crippen LogP contribution in [0.25, 0.3) is 0 Å². The first-order valence-corrected chi connectivity index (χ1v) is 18.1. The summed E-state index contributed by atoms with van der Waals surface area (Å²) in [5, 5.41) is 0. The molecule has 0 spiro atoms. The normalized spacial score (nSPS) is 11.6. The number of rotatable bonds is 12. The van der Waals surface area contributed by atoms with Crippen LogP contribution >= 0.6 is 0 Å². The third kappa shape index (κ3) is 7.47. The fraction of sp³-hybridized carbons (Fsp3) is 0.545. The van der Waals surface area contributed by atoms with Crippen LogP contribution in [0.15, 0.2) is 48.8 Å². The summed E-state index contributed by atoms with van der Waals surface area (Å²) in [6.45, 7) is 4.68. The molecule has 0 atom stereocenters. The molecule has 0 saturated heterocycles. The molecule has 0 radical (unpaired) electrons. The molecule has 0 bridgehead atoms. The Hall–Kier alpha value is -0.901. The van der Waals surface area contributed by atoms with Gasteiger partial charge in [0.05, 0.1) is 0 Å². The van der Waals surface area contributed by atoms with Crippen LogP contribution in [0.5, 0.6) is 0 Å². The van der Waals surface area contributed by atoms with E-state index < -0.39 is 18.4 Å². The number of aromatic nitrogens is 2. The van der Waals surface area contributed by atoms with Crippen molar-refractivity contribution in [1.82, 2.24) is 9.97 Å². The summed E-state index contributed by atoms with van der Waals surface area (Å²) in [7, 11) is 0. The van der Waals surface area contributed by atoms with Gasteiger partial charge in [-0.05, 0) is 0 Å². The van der Waals surface area contributed by atoms with Gasteiger partial charge in [-0.25, -0.2) is 0 Å². The first kappa shape index (κ1) is 20.4. The molecule has 0 aliphatic heterocycles. The van der Waals surface area contributed by atoms with E-state index >= 15 is 0 Å². The summed E-state index contributed by atoms with van der Waals surface area (Å²) in [5.41, 5.74) is 2.57. The van der Waals surface area contributed by atoms with E-state index in [9.17, 15) is 0 Å². The molecule has 25 heavy (non-hydrogen) atoms. The van der Waals surface area contributed by atoms with Crippen LogP contribution in [-0.2, 0) is 12.8 Å². The Balaban J connectivity index is 2.07. The standard InChI is InChI=1S/2C7H8N.2C4H9.Sn/c2*1-2-7-5-3-4-6-8-7;2*1-3-4-2;/h2*3-6H,1-2H2;2*1,3-4H2,2H3;. The van der Waals surface area contributed by atoms with Gasteiger partial charge in [0.15, 0.2) is 0 Å².